The van der Waals surface area contributed by atoms with Gasteiger partial charge in [-0.1, -0.05) is 26.2 Å². The lowest BCUT2D eigenvalue weighted by molar-refractivity contribution is -0.115. The van der Waals surface area contributed by atoms with Crippen molar-refractivity contribution in [3.63, 3.8) is 0 Å². The van der Waals surface area contributed by atoms with E-state index in [0.29, 0.717) is 0 Å². The Hall–Kier alpha value is -2.83. The number of carbonyl (C=O) groups excluding carboxylic acids is 2. The average molecular weight is 574 g/mol. The minimum atomic E-state index is -4.56. The summed E-state index contributed by atoms with van der Waals surface area (Å²) in [5.41, 5.74) is -0.858. The van der Waals surface area contributed by atoms with Crippen LogP contribution in [0.5, 0.6) is 0 Å². The molecule has 1 aliphatic carbocycles. The van der Waals surface area contributed by atoms with E-state index in [4.69, 9.17) is 0 Å². The van der Waals surface area contributed by atoms with Gasteiger partial charge in [0.25, 0.3) is 18.2 Å². The third-order valence-corrected chi connectivity index (χ3v) is 8.33. The van der Waals surface area contributed by atoms with E-state index in [0.717, 1.165) is 75.0 Å². The lowest BCUT2D eigenvalue weighted by Crippen LogP contribution is -2.40. The van der Waals surface area contributed by atoms with Crippen LogP contribution in [0, 0.1) is 0 Å². The number of pyridine rings is 1. The highest BCUT2D eigenvalue weighted by molar-refractivity contribution is 7.17. The number of rotatable bonds is 9. The average Bonchev–Trinajstić information content (AvgIpc) is 3.62. The third-order valence-electron chi connectivity index (χ3n) is 7.24. The fourth-order valence-corrected chi connectivity index (χ4v) is 6.36. The quantitative estimate of drug-likeness (QED) is 0.331. The Morgan fingerprint density at radius 1 is 1.18 bits per heavy atom. The molecule has 2 atom stereocenters. The Balaban J connectivity index is 1.75. The van der Waals surface area contributed by atoms with Crippen LogP contribution in [0.25, 0.3) is 10.4 Å². The zero-order chi connectivity index (χ0) is 28.3. The van der Waals surface area contributed by atoms with Crippen molar-refractivity contribution >= 4 is 29.0 Å². The van der Waals surface area contributed by atoms with Gasteiger partial charge in [0.1, 0.15) is 18.1 Å². The maximum atomic E-state index is 14.2. The Morgan fingerprint density at radius 2 is 1.90 bits per heavy atom. The summed E-state index contributed by atoms with van der Waals surface area (Å²) < 4.78 is 66.3. The summed E-state index contributed by atoms with van der Waals surface area (Å²) in [4.78, 5) is 37.0. The van der Waals surface area contributed by atoms with E-state index in [1.807, 2.05) is 19.2 Å². The molecule has 3 heterocycles. The van der Waals surface area contributed by atoms with Gasteiger partial charge in [-0.3, -0.25) is 9.59 Å². The van der Waals surface area contributed by atoms with Crippen molar-refractivity contribution < 1.29 is 31.5 Å². The highest BCUT2D eigenvalue weighted by Gasteiger charge is 2.38. The first-order valence-electron chi connectivity index (χ1n) is 13.2. The molecule has 1 saturated carbocycles. The first kappa shape index (κ1) is 29.2. The molecule has 1 aliphatic heterocycles. The molecule has 1 saturated heterocycles. The number of likely N-dealkylation sites (tertiary alicyclic amines) is 1. The Morgan fingerprint density at radius 3 is 2.54 bits per heavy atom. The fourth-order valence-electron chi connectivity index (χ4n) is 5.37. The van der Waals surface area contributed by atoms with Gasteiger partial charge in [0.2, 0.25) is 0 Å². The van der Waals surface area contributed by atoms with Crippen LogP contribution in [0.4, 0.5) is 27.8 Å². The molecule has 0 spiro atoms. The number of alkyl halides is 5. The van der Waals surface area contributed by atoms with Crippen molar-refractivity contribution in [2.24, 2.45) is 0 Å². The van der Waals surface area contributed by atoms with E-state index in [9.17, 15) is 31.5 Å². The predicted octanol–water partition coefficient (Wildman–Crippen LogP) is 6.58. The fraction of sp³-hybridized carbons (Fsp3) is 0.615. The zero-order valence-electron chi connectivity index (χ0n) is 21.8. The number of thiazole rings is 1. The number of halogens is 5. The molecule has 4 rings (SSSR count). The van der Waals surface area contributed by atoms with Crippen LogP contribution in [0.2, 0.25) is 0 Å². The van der Waals surface area contributed by atoms with Gasteiger partial charge in [-0.05, 0) is 45.1 Å². The molecule has 2 unspecified atom stereocenters. The maximum absolute atomic E-state index is 14.2. The van der Waals surface area contributed by atoms with Gasteiger partial charge in [-0.25, -0.2) is 18.7 Å². The minimum Gasteiger partial charge on any atom is -0.361 e. The molecule has 0 bridgehead atoms. The first-order valence-corrected chi connectivity index (χ1v) is 14.0. The third kappa shape index (κ3) is 6.85. The standard InChI is InChI=1S/C26H32F5N5O2S/c1-3-6-16-10-9-14(2)36(16)25(38)20-21(39-24(35-20)23(37)34-15-7-4-5-8-15)18-12-32-19(11-17(18)22(27)28)33-13-26(29,30)31/h11-12,14-16,22H,3-10,13H2,1-2H3,(H,32,33)(H,34,37). The van der Waals surface area contributed by atoms with Gasteiger partial charge >= 0.3 is 6.18 Å². The Labute approximate surface area is 227 Å². The topological polar surface area (TPSA) is 87.2 Å². The highest BCUT2D eigenvalue weighted by atomic mass is 32.1. The Bertz CT molecular complexity index is 1180. The zero-order valence-corrected chi connectivity index (χ0v) is 22.6. The van der Waals surface area contributed by atoms with Crippen molar-refractivity contribution in [1.82, 2.24) is 20.2 Å². The van der Waals surface area contributed by atoms with Crippen LogP contribution in [0.15, 0.2) is 12.3 Å². The number of hydrogen-bond donors (Lipinski definition) is 2. The van der Waals surface area contributed by atoms with Crippen molar-refractivity contribution in [3.05, 3.63) is 28.5 Å². The van der Waals surface area contributed by atoms with Crippen LogP contribution < -0.4 is 10.6 Å². The predicted molar refractivity (Wildman–Crippen MR) is 138 cm³/mol. The van der Waals surface area contributed by atoms with Gasteiger partial charge in [-0.2, -0.15) is 13.2 Å². The summed E-state index contributed by atoms with van der Waals surface area (Å²) >= 11 is 0.818. The smallest absolute Gasteiger partial charge is 0.361 e. The second-order valence-electron chi connectivity index (χ2n) is 10.2. The van der Waals surface area contributed by atoms with Crippen molar-refractivity contribution in [1.29, 1.82) is 0 Å². The lowest BCUT2D eigenvalue weighted by Gasteiger charge is -2.28. The number of carbonyl (C=O) groups is 2. The van der Waals surface area contributed by atoms with Crippen LogP contribution in [0.3, 0.4) is 0 Å². The molecule has 0 radical (unpaired) electrons. The molecule has 13 heteroatoms. The highest BCUT2D eigenvalue weighted by Crippen LogP contribution is 2.40. The lowest BCUT2D eigenvalue weighted by atomic mass is 10.1. The normalized spacial score (nSPS) is 20.2. The van der Waals surface area contributed by atoms with E-state index in [2.05, 4.69) is 15.3 Å². The van der Waals surface area contributed by atoms with E-state index < -0.39 is 36.5 Å². The molecule has 2 aromatic heterocycles. The van der Waals surface area contributed by atoms with E-state index in [1.165, 1.54) is 0 Å². The van der Waals surface area contributed by atoms with Crippen molar-refractivity contribution in [2.75, 3.05) is 11.9 Å². The Kier molecular flexibility index (Phi) is 9.07. The van der Waals surface area contributed by atoms with Crippen LogP contribution >= 0.6 is 11.3 Å². The number of aromatic nitrogens is 2. The molecule has 2 aromatic rings. The number of anilines is 1. The van der Waals surface area contributed by atoms with Crippen LogP contribution in [-0.2, 0) is 0 Å². The molecule has 7 nitrogen and oxygen atoms in total. The molecule has 2 amide bonds. The molecule has 0 aromatic carbocycles. The van der Waals surface area contributed by atoms with Crippen molar-refractivity contribution in [3.8, 4) is 10.4 Å². The second-order valence-corrected chi connectivity index (χ2v) is 11.2. The molecule has 2 fully saturated rings. The summed E-state index contributed by atoms with van der Waals surface area (Å²) in [6.07, 6.45) is 0.216. The SMILES string of the molecule is CCCC1CCC(C)N1C(=O)c1nc(C(=O)NC2CCCC2)sc1-c1cnc(NCC(F)(F)F)cc1C(F)F. The van der Waals surface area contributed by atoms with Gasteiger partial charge in [-0.15, -0.1) is 11.3 Å². The van der Waals surface area contributed by atoms with Crippen LogP contribution in [-0.4, -0.2) is 57.5 Å². The summed E-state index contributed by atoms with van der Waals surface area (Å²) in [5, 5.41) is 4.89. The van der Waals surface area contributed by atoms with E-state index in [-0.39, 0.29) is 45.1 Å². The molecular formula is C26H32F5N5O2S. The number of nitrogens with one attached hydrogen (secondary N) is 2. The summed E-state index contributed by atoms with van der Waals surface area (Å²) in [6.45, 7) is 2.49. The van der Waals surface area contributed by atoms with Gasteiger partial charge in [0.05, 0.1) is 4.88 Å². The number of hydrogen-bond acceptors (Lipinski definition) is 6. The molecular weight excluding hydrogens is 541 g/mol. The summed E-state index contributed by atoms with van der Waals surface area (Å²) in [5.74, 6) is -1.31. The first-order chi connectivity index (χ1) is 18.5. The minimum absolute atomic E-state index is 0.0196. The van der Waals surface area contributed by atoms with E-state index in [1.54, 1.807) is 4.90 Å². The molecule has 214 valence electrons. The monoisotopic (exact) mass is 573 g/mol. The summed E-state index contributed by atoms with van der Waals surface area (Å²) in [7, 11) is 0. The maximum Gasteiger partial charge on any atom is 0.405 e. The second kappa shape index (κ2) is 12.1. The van der Waals surface area contributed by atoms with Gasteiger partial charge < -0.3 is 15.5 Å². The van der Waals surface area contributed by atoms with Gasteiger partial charge in [0.15, 0.2) is 5.01 Å². The van der Waals surface area contributed by atoms with Gasteiger partial charge in [0, 0.05) is 35.4 Å². The molecule has 2 aliphatic rings. The number of amides is 2. The molecule has 39 heavy (non-hydrogen) atoms. The van der Waals surface area contributed by atoms with E-state index >= 15 is 0 Å². The number of nitrogens with zero attached hydrogens (tertiary/aromatic N) is 3. The molecule has 2 N–H and O–H groups in total. The largest absolute Gasteiger partial charge is 0.405 e. The van der Waals surface area contributed by atoms with Crippen molar-refractivity contribution in [2.45, 2.75) is 95.9 Å². The summed E-state index contributed by atoms with van der Waals surface area (Å²) in [6, 6.07) is 0.690. The van der Waals surface area contributed by atoms with Crippen LogP contribution in [0.1, 0.15) is 97.5 Å².